The topological polar surface area (TPSA) is 76.5 Å². The number of fused-ring (bicyclic) bond motifs is 2. The number of carbonyl (C=O) groups is 2. The van der Waals surface area contributed by atoms with Crippen molar-refractivity contribution >= 4 is 34.5 Å². The van der Waals surface area contributed by atoms with Gasteiger partial charge in [0.15, 0.2) is 6.61 Å². The molecule has 7 nitrogen and oxygen atoms in total. The number of nitrogens with one attached hydrogen (secondary N) is 1. The smallest absolute Gasteiger partial charge is 0.265 e. The summed E-state index contributed by atoms with van der Waals surface area (Å²) in [5.41, 5.74) is 2.55. The predicted molar refractivity (Wildman–Crippen MR) is 108 cm³/mol. The fraction of sp³-hybridized carbons (Fsp3) is 0.286. The monoisotopic (exact) mass is 378 g/mol. The molecule has 2 aromatic carbocycles. The maximum absolute atomic E-state index is 12.6. The number of carbonyl (C=O) groups excluding carboxylic acids is 2. The molecule has 0 fully saturated rings. The number of amides is 2. The zero-order chi connectivity index (χ0) is 19.5. The lowest BCUT2D eigenvalue weighted by atomic mass is 10.2. The van der Waals surface area contributed by atoms with E-state index in [0.29, 0.717) is 23.9 Å². The van der Waals surface area contributed by atoms with Crippen molar-refractivity contribution in [1.29, 1.82) is 0 Å². The molecule has 0 bridgehead atoms. The molecule has 0 spiro atoms. The van der Waals surface area contributed by atoms with Gasteiger partial charge in [0.05, 0.1) is 16.7 Å². The number of aryl methyl sites for hydroxylation is 1. The zero-order valence-electron chi connectivity index (χ0n) is 15.7. The number of ether oxygens (including phenoxy) is 1. The Kier molecular flexibility index (Phi) is 4.97. The Bertz CT molecular complexity index is 1030. The van der Waals surface area contributed by atoms with Crippen molar-refractivity contribution in [2.24, 2.45) is 0 Å². The van der Waals surface area contributed by atoms with Crippen molar-refractivity contribution in [3.05, 3.63) is 48.5 Å². The summed E-state index contributed by atoms with van der Waals surface area (Å²) in [7, 11) is 0. The van der Waals surface area contributed by atoms with Crippen LogP contribution in [-0.2, 0) is 16.1 Å². The standard InChI is InChI=1S/C21H22N4O3/c1-2-12-25-16-8-4-3-7-15(16)22-21(25)23-19(26)11-13-24-17-9-5-6-10-18(17)28-14-20(24)27/h3-10H,2,11-14H2,1H3,(H,22,23,26). The van der Waals surface area contributed by atoms with Gasteiger partial charge >= 0.3 is 0 Å². The van der Waals surface area contributed by atoms with Gasteiger partial charge in [0.1, 0.15) is 5.75 Å². The van der Waals surface area contributed by atoms with Crippen molar-refractivity contribution in [2.75, 3.05) is 23.4 Å². The van der Waals surface area contributed by atoms with Gasteiger partial charge in [0.25, 0.3) is 5.91 Å². The van der Waals surface area contributed by atoms with E-state index in [4.69, 9.17) is 4.74 Å². The van der Waals surface area contributed by atoms with Crippen molar-refractivity contribution in [1.82, 2.24) is 9.55 Å². The van der Waals surface area contributed by atoms with Crippen LogP contribution in [0, 0.1) is 0 Å². The highest BCUT2D eigenvalue weighted by molar-refractivity contribution is 5.99. The van der Waals surface area contributed by atoms with Crippen LogP contribution in [-0.4, -0.2) is 34.5 Å². The van der Waals surface area contributed by atoms with Gasteiger partial charge in [-0.15, -0.1) is 0 Å². The van der Waals surface area contributed by atoms with E-state index in [1.807, 2.05) is 53.1 Å². The fourth-order valence-corrected chi connectivity index (χ4v) is 3.42. The first-order valence-corrected chi connectivity index (χ1v) is 9.44. The van der Waals surface area contributed by atoms with E-state index < -0.39 is 0 Å². The molecule has 0 saturated heterocycles. The molecule has 0 unspecified atom stereocenters. The largest absolute Gasteiger partial charge is 0.482 e. The first kappa shape index (κ1) is 18.0. The van der Waals surface area contributed by atoms with E-state index in [9.17, 15) is 9.59 Å². The third-order valence-corrected chi connectivity index (χ3v) is 4.72. The number of nitrogens with zero attached hydrogens (tertiary/aromatic N) is 3. The Morgan fingerprint density at radius 1 is 1.14 bits per heavy atom. The summed E-state index contributed by atoms with van der Waals surface area (Å²) in [5, 5.41) is 2.91. The second-order valence-electron chi connectivity index (χ2n) is 6.68. The van der Waals surface area contributed by atoms with E-state index in [0.717, 1.165) is 24.0 Å². The van der Waals surface area contributed by atoms with Gasteiger partial charge in [-0.3, -0.25) is 14.9 Å². The highest BCUT2D eigenvalue weighted by Gasteiger charge is 2.25. The van der Waals surface area contributed by atoms with Gasteiger partial charge in [-0.25, -0.2) is 4.98 Å². The summed E-state index contributed by atoms with van der Waals surface area (Å²) >= 11 is 0. The number of benzene rings is 2. The van der Waals surface area contributed by atoms with E-state index >= 15 is 0 Å². The Morgan fingerprint density at radius 3 is 2.79 bits per heavy atom. The summed E-state index contributed by atoms with van der Waals surface area (Å²) in [6, 6.07) is 15.2. The fourth-order valence-electron chi connectivity index (χ4n) is 3.42. The number of para-hydroxylation sites is 4. The third-order valence-electron chi connectivity index (χ3n) is 4.72. The van der Waals surface area contributed by atoms with Crippen molar-refractivity contribution in [3.8, 4) is 5.75 Å². The average Bonchev–Trinajstić information content (AvgIpc) is 3.04. The molecule has 0 aliphatic carbocycles. The molecule has 4 rings (SSSR count). The Balaban J connectivity index is 1.48. The van der Waals surface area contributed by atoms with Gasteiger partial charge in [-0.1, -0.05) is 31.2 Å². The van der Waals surface area contributed by atoms with Gasteiger partial charge in [-0.05, 0) is 30.7 Å². The summed E-state index contributed by atoms with van der Waals surface area (Å²) < 4.78 is 7.46. The lowest BCUT2D eigenvalue weighted by Crippen LogP contribution is -2.40. The van der Waals surface area contributed by atoms with Crippen molar-refractivity contribution in [2.45, 2.75) is 26.3 Å². The second kappa shape index (κ2) is 7.72. The summed E-state index contributed by atoms with van der Waals surface area (Å²) in [6.07, 6.45) is 1.11. The van der Waals surface area contributed by atoms with Crippen LogP contribution in [0.15, 0.2) is 48.5 Å². The van der Waals surface area contributed by atoms with Gasteiger partial charge < -0.3 is 14.2 Å². The van der Waals surface area contributed by atoms with Crippen LogP contribution in [0.5, 0.6) is 5.75 Å². The Morgan fingerprint density at radius 2 is 1.93 bits per heavy atom. The minimum atomic E-state index is -0.176. The molecule has 2 amide bonds. The normalized spacial score (nSPS) is 13.3. The van der Waals surface area contributed by atoms with Crippen LogP contribution >= 0.6 is 0 Å². The molecule has 1 aliphatic heterocycles. The van der Waals surface area contributed by atoms with E-state index in [1.54, 1.807) is 4.90 Å². The second-order valence-corrected chi connectivity index (χ2v) is 6.68. The average molecular weight is 378 g/mol. The predicted octanol–water partition coefficient (Wildman–Crippen LogP) is 3.20. The van der Waals surface area contributed by atoms with E-state index in [2.05, 4.69) is 17.2 Å². The molecule has 28 heavy (non-hydrogen) atoms. The zero-order valence-corrected chi connectivity index (χ0v) is 15.7. The van der Waals surface area contributed by atoms with Crippen LogP contribution in [0.1, 0.15) is 19.8 Å². The van der Waals surface area contributed by atoms with Gasteiger partial charge in [-0.2, -0.15) is 0 Å². The molecule has 1 N–H and O–H groups in total. The SMILES string of the molecule is CCCn1c(NC(=O)CCN2C(=O)COc3ccccc32)nc2ccccc21. The molecule has 0 saturated carbocycles. The highest BCUT2D eigenvalue weighted by atomic mass is 16.5. The van der Waals surface area contributed by atoms with Crippen LogP contribution in [0.3, 0.4) is 0 Å². The number of hydrogen-bond donors (Lipinski definition) is 1. The lowest BCUT2D eigenvalue weighted by molar-refractivity contribution is -0.121. The molecular weight excluding hydrogens is 356 g/mol. The van der Waals surface area contributed by atoms with Crippen LogP contribution in [0.4, 0.5) is 11.6 Å². The molecule has 3 aromatic rings. The molecular formula is C21H22N4O3. The van der Waals surface area contributed by atoms with Crippen molar-refractivity contribution in [3.63, 3.8) is 0 Å². The van der Waals surface area contributed by atoms with E-state index in [-0.39, 0.29) is 24.8 Å². The molecule has 0 radical (unpaired) electrons. The number of imidazole rings is 1. The van der Waals surface area contributed by atoms with E-state index in [1.165, 1.54) is 0 Å². The maximum atomic E-state index is 12.6. The maximum Gasteiger partial charge on any atom is 0.265 e. The lowest BCUT2D eigenvalue weighted by Gasteiger charge is -2.29. The van der Waals surface area contributed by atoms with Crippen LogP contribution in [0.25, 0.3) is 11.0 Å². The summed E-state index contributed by atoms with van der Waals surface area (Å²) in [5.74, 6) is 0.878. The molecule has 1 aliphatic rings. The van der Waals surface area contributed by atoms with Gasteiger partial charge in [0, 0.05) is 19.5 Å². The number of rotatable bonds is 6. The molecule has 144 valence electrons. The quantitative estimate of drug-likeness (QED) is 0.715. The van der Waals surface area contributed by atoms with Crippen molar-refractivity contribution < 1.29 is 14.3 Å². The summed E-state index contributed by atoms with van der Waals surface area (Å²) in [6.45, 7) is 3.14. The number of anilines is 2. The summed E-state index contributed by atoms with van der Waals surface area (Å²) in [4.78, 5) is 31.0. The minimum absolute atomic E-state index is 0.00900. The first-order chi connectivity index (χ1) is 13.7. The number of aromatic nitrogens is 2. The molecule has 7 heteroatoms. The van der Waals surface area contributed by atoms with Gasteiger partial charge in [0.2, 0.25) is 11.9 Å². The molecule has 0 atom stereocenters. The number of hydrogen-bond acceptors (Lipinski definition) is 4. The highest BCUT2D eigenvalue weighted by Crippen LogP contribution is 2.31. The first-order valence-electron chi connectivity index (χ1n) is 9.44. The third kappa shape index (κ3) is 3.43. The van der Waals surface area contributed by atoms with Crippen LogP contribution < -0.4 is 15.0 Å². The molecule has 2 heterocycles. The van der Waals surface area contributed by atoms with Crippen LogP contribution in [0.2, 0.25) is 0 Å². The Hall–Kier alpha value is -3.35. The minimum Gasteiger partial charge on any atom is -0.482 e. The Labute approximate surface area is 162 Å². The molecule has 1 aromatic heterocycles.